The zero-order chi connectivity index (χ0) is 24.3. The molecule has 0 atom stereocenters. The normalized spacial score (nSPS) is 10.6. The largest absolute Gasteiger partial charge is 0.388 e. The topological polar surface area (TPSA) is 186 Å². The summed E-state index contributed by atoms with van der Waals surface area (Å²) in [6.45, 7) is 0.265. The van der Waals surface area contributed by atoms with E-state index in [-0.39, 0.29) is 36.1 Å². The first-order valence-corrected chi connectivity index (χ1v) is 9.77. The maximum Gasteiger partial charge on any atom is 0.344 e. The van der Waals surface area contributed by atoms with Crippen LogP contribution in [0, 0.1) is 5.41 Å². The summed E-state index contributed by atoms with van der Waals surface area (Å²) in [6.07, 6.45) is 4.62. The van der Waals surface area contributed by atoms with Crippen molar-refractivity contribution in [3.8, 4) is 0 Å². The minimum atomic E-state index is -0.456. The molecule has 33 heavy (non-hydrogen) atoms. The van der Waals surface area contributed by atoms with Crippen molar-refractivity contribution in [2.24, 2.45) is 12.8 Å². The minimum absolute atomic E-state index is 0.0205. The van der Waals surface area contributed by atoms with Gasteiger partial charge in [0, 0.05) is 64.8 Å². The number of carbonyl (C=O) groups is 3. The summed E-state index contributed by atoms with van der Waals surface area (Å²) in [6, 6.07) is 3.65. The van der Waals surface area contributed by atoms with E-state index in [1.165, 1.54) is 56.8 Å². The van der Waals surface area contributed by atoms with Crippen LogP contribution in [-0.2, 0) is 7.05 Å². The molecule has 0 aliphatic carbocycles. The van der Waals surface area contributed by atoms with E-state index < -0.39 is 18.0 Å². The average Bonchev–Trinajstić information content (AvgIpc) is 3.50. The molecule has 0 spiro atoms. The van der Waals surface area contributed by atoms with Gasteiger partial charge in [0.25, 0.3) is 5.91 Å². The van der Waals surface area contributed by atoms with E-state index in [4.69, 9.17) is 16.9 Å². The third-order valence-electron chi connectivity index (χ3n) is 4.75. The molecule has 0 aliphatic rings. The molecule has 0 fully saturated rings. The highest BCUT2D eigenvalue weighted by Crippen LogP contribution is 2.15. The first-order chi connectivity index (χ1) is 15.6. The van der Waals surface area contributed by atoms with Crippen LogP contribution in [0.3, 0.4) is 0 Å². The van der Waals surface area contributed by atoms with E-state index in [9.17, 15) is 14.4 Å². The van der Waals surface area contributed by atoms with Crippen LogP contribution in [0.25, 0.3) is 0 Å². The van der Waals surface area contributed by atoms with Crippen LogP contribution in [0.15, 0.2) is 36.8 Å². The quantitative estimate of drug-likeness (QED) is 0.309. The predicted molar refractivity (Wildman–Crippen MR) is 121 cm³/mol. The first kappa shape index (κ1) is 23.1. The lowest BCUT2D eigenvalue weighted by Crippen LogP contribution is -2.34. The number of nitrogens with zero attached hydrogens (tertiary/aromatic N) is 7. The molecule has 3 heterocycles. The Bertz CT molecular complexity index is 1210. The second-order valence-corrected chi connectivity index (χ2v) is 7.28. The summed E-state index contributed by atoms with van der Waals surface area (Å²) in [5.41, 5.74) is 11.6. The van der Waals surface area contributed by atoms with Crippen LogP contribution in [0.1, 0.15) is 16.9 Å². The second-order valence-electron chi connectivity index (χ2n) is 7.28. The molecule has 0 saturated heterocycles. The van der Waals surface area contributed by atoms with E-state index >= 15 is 0 Å². The number of rotatable bonds is 6. The van der Waals surface area contributed by atoms with Gasteiger partial charge in [-0.1, -0.05) is 0 Å². The van der Waals surface area contributed by atoms with Crippen molar-refractivity contribution < 1.29 is 14.4 Å². The number of amides is 3. The van der Waals surface area contributed by atoms with Gasteiger partial charge in [-0.25, -0.2) is 9.59 Å². The second kappa shape index (κ2) is 9.25. The Labute approximate surface area is 188 Å². The standard InChI is InChI=1S/C19H25N11O3/c1-26(7-5-14(20)21)18(32)30-9-6-16(25-30)27(2)19(33)29-8-4-12(11-29)23-17(31)13-10-15(22)24-28(13)3/h4,6,8-11H,5,7H2,1-3H3,(H3,20,21)(H2,22,24)(H,23,31). The molecule has 14 heteroatoms. The van der Waals surface area contributed by atoms with Gasteiger partial charge in [-0.3, -0.25) is 24.4 Å². The van der Waals surface area contributed by atoms with Gasteiger partial charge in [0.2, 0.25) is 0 Å². The third kappa shape index (κ3) is 5.17. The fourth-order valence-electron chi connectivity index (χ4n) is 2.92. The molecule has 0 unspecified atom stereocenters. The van der Waals surface area contributed by atoms with Crippen LogP contribution >= 0.6 is 0 Å². The lowest BCUT2D eigenvalue weighted by Gasteiger charge is -2.17. The van der Waals surface area contributed by atoms with E-state index in [1.54, 1.807) is 20.2 Å². The zero-order valence-electron chi connectivity index (χ0n) is 18.4. The molecule has 0 aromatic carbocycles. The number of amidine groups is 1. The van der Waals surface area contributed by atoms with Crippen molar-refractivity contribution in [3.63, 3.8) is 0 Å². The van der Waals surface area contributed by atoms with E-state index in [2.05, 4.69) is 15.5 Å². The Morgan fingerprint density at radius 1 is 1.15 bits per heavy atom. The van der Waals surface area contributed by atoms with Gasteiger partial charge >= 0.3 is 12.1 Å². The number of anilines is 3. The van der Waals surface area contributed by atoms with Gasteiger partial charge < -0.3 is 21.7 Å². The predicted octanol–water partition coefficient (Wildman–Crippen LogP) is 0.583. The maximum atomic E-state index is 12.8. The third-order valence-corrected chi connectivity index (χ3v) is 4.75. The number of hydrogen-bond acceptors (Lipinski definition) is 7. The molecular weight excluding hydrogens is 430 g/mol. The van der Waals surface area contributed by atoms with Gasteiger partial charge in [-0.05, 0) is 6.07 Å². The number of hydrogen-bond donors (Lipinski definition) is 4. The molecule has 0 aliphatic heterocycles. The van der Waals surface area contributed by atoms with Crippen molar-refractivity contribution in [3.05, 3.63) is 42.5 Å². The molecule has 0 bridgehead atoms. The number of nitrogens with one attached hydrogen (secondary N) is 2. The monoisotopic (exact) mass is 455 g/mol. The van der Waals surface area contributed by atoms with Gasteiger partial charge in [0.1, 0.15) is 11.5 Å². The smallest absolute Gasteiger partial charge is 0.344 e. The molecule has 0 saturated carbocycles. The van der Waals surface area contributed by atoms with Crippen molar-refractivity contribution in [2.45, 2.75) is 6.42 Å². The molecular formula is C19H25N11O3. The number of nitrogens with two attached hydrogens (primary N) is 2. The fourth-order valence-corrected chi connectivity index (χ4v) is 2.92. The van der Waals surface area contributed by atoms with Crippen LogP contribution in [-0.4, -0.2) is 73.5 Å². The van der Waals surface area contributed by atoms with Crippen LogP contribution in [0.4, 0.5) is 26.9 Å². The fraction of sp³-hybridized carbons (Fsp3) is 0.263. The number of carbonyl (C=O) groups excluding carboxylic acids is 3. The van der Waals surface area contributed by atoms with Gasteiger partial charge in [-0.2, -0.15) is 9.78 Å². The van der Waals surface area contributed by atoms with Crippen molar-refractivity contribution in [2.75, 3.05) is 36.6 Å². The Balaban J connectivity index is 1.65. The highest BCUT2D eigenvalue weighted by Gasteiger charge is 2.19. The lowest BCUT2D eigenvalue weighted by atomic mass is 10.3. The Morgan fingerprint density at radius 3 is 2.52 bits per heavy atom. The van der Waals surface area contributed by atoms with Crippen LogP contribution in [0.5, 0.6) is 0 Å². The van der Waals surface area contributed by atoms with Crippen LogP contribution in [0.2, 0.25) is 0 Å². The van der Waals surface area contributed by atoms with Gasteiger partial charge in [0.15, 0.2) is 5.82 Å². The SMILES string of the molecule is CN(CCC(=N)N)C(=O)n1ccc(N(C)C(=O)n2ccc(NC(=O)c3cc(N)nn3C)c2)n1. The summed E-state index contributed by atoms with van der Waals surface area (Å²) < 4.78 is 3.73. The molecule has 6 N–H and O–H groups in total. The summed E-state index contributed by atoms with van der Waals surface area (Å²) in [5, 5.41) is 18.0. The van der Waals surface area contributed by atoms with Crippen molar-refractivity contribution >= 4 is 41.1 Å². The molecule has 174 valence electrons. The Kier molecular flexibility index (Phi) is 6.46. The van der Waals surface area contributed by atoms with Crippen LogP contribution < -0.4 is 21.7 Å². The maximum absolute atomic E-state index is 12.8. The summed E-state index contributed by atoms with van der Waals surface area (Å²) in [4.78, 5) is 40.3. The summed E-state index contributed by atoms with van der Waals surface area (Å²) in [7, 11) is 4.67. The minimum Gasteiger partial charge on any atom is -0.388 e. The molecule has 14 nitrogen and oxygen atoms in total. The van der Waals surface area contributed by atoms with E-state index in [0.29, 0.717) is 5.69 Å². The summed E-state index contributed by atoms with van der Waals surface area (Å²) >= 11 is 0. The highest BCUT2D eigenvalue weighted by molar-refractivity contribution is 6.04. The average molecular weight is 455 g/mol. The zero-order valence-corrected chi connectivity index (χ0v) is 18.4. The van der Waals surface area contributed by atoms with E-state index in [1.807, 2.05) is 0 Å². The van der Waals surface area contributed by atoms with Gasteiger partial charge in [-0.15, -0.1) is 5.10 Å². The van der Waals surface area contributed by atoms with Crippen molar-refractivity contribution in [1.29, 1.82) is 5.41 Å². The molecule has 3 rings (SSSR count). The van der Waals surface area contributed by atoms with E-state index in [0.717, 1.165) is 4.68 Å². The molecule has 3 amide bonds. The number of nitrogen functional groups attached to an aromatic ring is 1. The Morgan fingerprint density at radius 2 is 1.88 bits per heavy atom. The number of aromatic nitrogens is 5. The summed E-state index contributed by atoms with van der Waals surface area (Å²) in [5.74, 6) is 0.0252. The highest BCUT2D eigenvalue weighted by atomic mass is 16.2. The first-order valence-electron chi connectivity index (χ1n) is 9.77. The molecule has 3 aromatic rings. The van der Waals surface area contributed by atoms with Crippen molar-refractivity contribution in [1.82, 2.24) is 29.0 Å². The Hall–Kier alpha value is -4.62. The number of aryl methyl sites for hydroxylation is 1. The molecule has 3 aromatic heterocycles. The lowest BCUT2D eigenvalue weighted by molar-refractivity contribution is 0.101. The molecule has 0 radical (unpaired) electrons. The van der Waals surface area contributed by atoms with Gasteiger partial charge in [0.05, 0.1) is 11.5 Å².